The first kappa shape index (κ1) is 21.9. The number of carbonyl (C=O) groups is 1. The molecule has 3 N–H and O–H groups in total. The molecule has 0 aliphatic rings. The first-order valence-corrected chi connectivity index (χ1v) is 7.64. The molecule has 0 saturated carbocycles. The Labute approximate surface area is 155 Å². The summed E-state index contributed by atoms with van der Waals surface area (Å²) in [6, 6.07) is 10.7. The molecule has 2 aromatic carbocycles. The van der Waals surface area contributed by atoms with Crippen molar-refractivity contribution in [2.45, 2.75) is 25.7 Å². The van der Waals surface area contributed by atoms with E-state index in [4.69, 9.17) is 5.73 Å². The van der Waals surface area contributed by atoms with Gasteiger partial charge in [0.2, 0.25) is 5.91 Å². The molecule has 0 aliphatic carbocycles. The topological polar surface area (TPSA) is 55.1 Å². The van der Waals surface area contributed by atoms with Crippen molar-refractivity contribution in [2.24, 2.45) is 11.7 Å². The first-order chi connectivity index (χ1) is 11.7. The van der Waals surface area contributed by atoms with Gasteiger partial charge in [-0.15, -0.1) is 12.4 Å². The zero-order chi connectivity index (χ0) is 18.6. The molecule has 2 aromatic rings. The van der Waals surface area contributed by atoms with Gasteiger partial charge in [0.05, 0.1) is 11.5 Å². The molecular formula is C18H19ClF4N2O. The second kappa shape index (κ2) is 9.00. The van der Waals surface area contributed by atoms with Crippen molar-refractivity contribution >= 4 is 18.3 Å². The van der Waals surface area contributed by atoms with Gasteiger partial charge in [0.25, 0.3) is 0 Å². The van der Waals surface area contributed by atoms with Crippen LogP contribution in [0.5, 0.6) is 0 Å². The number of benzene rings is 2. The average molecular weight is 391 g/mol. The van der Waals surface area contributed by atoms with Crippen LogP contribution in [0.3, 0.4) is 0 Å². The lowest BCUT2D eigenvalue weighted by molar-refractivity contribution is -0.138. The number of rotatable bonds is 5. The number of amides is 1. The fourth-order valence-electron chi connectivity index (χ4n) is 2.44. The molecule has 0 aromatic heterocycles. The predicted molar refractivity (Wildman–Crippen MR) is 93.0 cm³/mol. The summed E-state index contributed by atoms with van der Waals surface area (Å²) in [7, 11) is 0. The lowest BCUT2D eigenvalue weighted by Gasteiger charge is -2.20. The van der Waals surface area contributed by atoms with E-state index in [9.17, 15) is 22.4 Å². The van der Waals surface area contributed by atoms with Gasteiger partial charge in [0.15, 0.2) is 0 Å². The van der Waals surface area contributed by atoms with Gasteiger partial charge in [-0.1, -0.05) is 43.3 Å². The first-order valence-electron chi connectivity index (χ1n) is 7.64. The van der Waals surface area contributed by atoms with Gasteiger partial charge in [-0.3, -0.25) is 4.79 Å². The fourth-order valence-corrected chi connectivity index (χ4v) is 2.44. The van der Waals surface area contributed by atoms with Crippen molar-refractivity contribution in [3.8, 4) is 0 Å². The highest BCUT2D eigenvalue weighted by molar-refractivity contribution is 5.85. The molecule has 0 saturated heterocycles. The fraction of sp³-hybridized carbons (Fsp3) is 0.278. The van der Waals surface area contributed by atoms with E-state index in [0.29, 0.717) is 6.07 Å². The van der Waals surface area contributed by atoms with Gasteiger partial charge in [-0.05, 0) is 23.3 Å². The van der Waals surface area contributed by atoms with Crippen LogP contribution in [0.25, 0.3) is 0 Å². The zero-order valence-corrected chi connectivity index (χ0v) is 14.7. The van der Waals surface area contributed by atoms with Crippen LogP contribution in [0.15, 0.2) is 48.5 Å². The molecule has 3 nitrogen and oxygen atoms in total. The van der Waals surface area contributed by atoms with E-state index in [1.54, 1.807) is 31.2 Å². The number of halogens is 5. The van der Waals surface area contributed by atoms with Crippen LogP contribution in [0.4, 0.5) is 17.6 Å². The summed E-state index contributed by atoms with van der Waals surface area (Å²) in [6.07, 6.45) is -4.70. The van der Waals surface area contributed by atoms with Crippen LogP contribution >= 0.6 is 12.4 Å². The molecule has 0 radical (unpaired) electrons. The Bertz CT molecular complexity index is 738. The standard InChI is InChI=1S/C18H18F4N2O.ClH/c1-11(16(23)12-5-3-2-4-6-12)17(25)24-10-13-7-8-14(19)9-15(13)18(20,21)22;/h2-9,11,16H,10,23H2,1H3,(H,24,25);1H. The number of carbonyl (C=O) groups excluding carboxylic acids is 1. The van der Waals surface area contributed by atoms with Crippen molar-refractivity contribution in [1.29, 1.82) is 0 Å². The summed E-state index contributed by atoms with van der Waals surface area (Å²) in [5.41, 5.74) is 5.48. The Kier molecular flexibility index (Phi) is 7.59. The molecule has 2 atom stereocenters. The van der Waals surface area contributed by atoms with E-state index in [1.165, 1.54) is 0 Å². The third kappa shape index (κ3) is 5.44. The van der Waals surface area contributed by atoms with E-state index < -0.39 is 35.4 Å². The van der Waals surface area contributed by atoms with E-state index >= 15 is 0 Å². The van der Waals surface area contributed by atoms with E-state index in [1.807, 2.05) is 6.07 Å². The molecule has 0 spiro atoms. The minimum Gasteiger partial charge on any atom is -0.352 e. The summed E-state index contributed by atoms with van der Waals surface area (Å²) in [6.45, 7) is 1.24. The summed E-state index contributed by atoms with van der Waals surface area (Å²) in [4.78, 5) is 12.2. The molecule has 142 valence electrons. The minimum absolute atomic E-state index is 0. The van der Waals surface area contributed by atoms with E-state index in [-0.39, 0.29) is 24.5 Å². The number of nitrogens with two attached hydrogens (primary N) is 1. The summed E-state index contributed by atoms with van der Waals surface area (Å²) < 4.78 is 52.0. The molecule has 8 heteroatoms. The lowest BCUT2D eigenvalue weighted by Crippen LogP contribution is -2.35. The molecule has 0 aliphatic heterocycles. The molecular weight excluding hydrogens is 372 g/mol. The molecule has 0 fully saturated rings. The van der Waals surface area contributed by atoms with Crippen LogP contribution in [0.2, 0.25) is 0 Å². The van der Waals surface area contributed by atoms with Crippen molar-refractivity contribution in [3.63, 3.8) is 0 Å². The van der Waals surface area contributed by atoms with Gasteiger partial charge in [-0.2, -0.15) is 13.2 Å². The Hall–Kier alpha value is -2.12. The molecule has 2 rings (SSSR count). The third-order valence-corrected chi connectivity index (χ3v) is 3.97. The van der Waals surface area contributed by atoms with Crippen LogP contribution < -0.4 is 11.1 Å². The average Bonchev–Trinajstić information content (AvgIpc) is 2.59. The summed E-state index contributed by atoms with van der Waals surface area (Å²) in [5, 5.41) is 2.44. The van der Waals surface area contributed by atoms with Crippen LogP contribution in [0.1, 0.15) is 29.7 Å². The van der Waals surface area contributed by atoms with Crippen molar-refractivity contribution in [1.82, 2.24) is 5.32 Å². The van der Waals surface area contributed by atoms with E-state index in [2.05, 4.69) is 5.32 Å². The molecule has 26 heavy (non-hydrogen) atoms. The van der Waals surface area contributed by atoms with Gasteiger partial charge >= 0.3 is 6.18 Å². The zero-order valence-electron chi connectivity index (χ0n) is 13.9. The molecule has 0 heterocycles. The summed E-state index contributed by atoms with van der Waals surface area (Å²) >= 11 is 0. The monoisotopic (exact) mass is 390 g/mol. The number of alkyl halides is 3. The highest BCUT2D eigenvalue weighted by Crippen LogP contribution is 2.32. The maximum absolute atomic E-state index is 13.1. The minimum atomic E-state index is -4.70. The highest BCUT2D eigenvalue weighted by atomic mass is 35.5. The number of nitrogens with one attached hydrogen (secondary N) is 1. The van der Waals surface area contributed by atoms with Gasteiger partial charge in [0, 0.05) is 12.6 Å². The predicted octanol–water partition coefficient (Wildman–Crippen LogP) is 4.22. The third-order valence-electron chi connectivity index (χ3n) is 3.97. The van der Waals surface area contributed by atoms with Gasteiger partial charge in [0.1, 0.15) is 5.82 Å². The Morgan fingerprint density at radius 2 is 1.77 bits per heavy atom. The van der Waals surface area contributed by atoms with Crippen LogP contribution in [0, 0.1) is 11.7 Å². The maximum atomic E-state index is 13.1. The second-order valence-corrected chi connectivity index (χ2v) is 5.74. The Morgan fingerprint density at radius 3 is 2.35 bits per heavy atom. The number of hydrogen-bond acceptors (Lipinski definition) is 2. The van der Waals surface area contributed by atoms with Gasteiger partial charge in [-0.25, -0.2) is 4.39 Å². The smallest absolute Gasteiger partial charge is 0.352 e. The summed E-state index contributed by atoms with van der Waals surface area (Å²) in [5.74, 6) is -2.10. The van der Waals surface area contributed by atoms with Crippen LogP contribution in [-0.4, -0.2) is 5.91 Å². The van der Waals surface area contributed by atoms with Crippen molar-refractivity contribution < 1.29 is 22.4 Å². The lowest BCUT2D eigenvalue weighted by atomic mass is 9.94. The Morgan fingerprint density at radius 1 is 1.15 bits per heavy atom. The van der Waals surface area contributed by atoms with E-state index in [0.717, 1.165) is 17.7 Å². The normalized spacial score (nSPS) is 13.5. The SMILES string of the molecule is CC(C(=O)NCc1ccc(F)cc1C(F)(F)F)C(N)c1ccccc1.Cl. The Balaban J connectivity index is 0.00000338. The molecule has 2 unspecified atom stereocenters. The van der Waals surface area contributed by atoms with Gasteiger partial charge < -0.3 is 11.1 Å². The van der Waals surface area contributed by atoms with Crippen molar-refractivity contribution in [3.05, 3.63) is 71.0 Å². The molecule has 1 amide bonds. The second-order valence-electron chi connectivity index (χ2n) is 5.74. The highest BCUT2D eigenvalue weighted by Gasteiger charge is 2.34. The van der Waals surface area contributed by atoms with Crippen LogP contribution in [-0.2, 0) is 17.5 Å². The quantitative estimate of drug-likeness (QED) is 0.751. The van der Waals surface area contributed by atoms with Crippen molar-refractivity contribution in [2.75, 3.05) is 0 Å². The maximum Gasteiger partial charge on any atom is 0.416 e. The number of hydrogen-bond donors (Lipinski definition) is 2. The molecule has 0 bridgehead atoms. The largest absolute Gasteiger partial charge is 0.416 e.